The Bertz CT molecular complexity index is 510. The minimum absolute atomic E-state index is 0. The Labute approximate surface area is 138 Å². The van der Waals surface area contributed by atoms with E-state index < -0.39 is 0 Å². The van der Waals surface area contributed by atoms with Crippen LogP contribution in [0.4, 0.5) is 0 Å². The van der Waals surface area contributed by atoms with Gasteiger partial charge in [0.2, 0.25) is 0 Å². The first-order valence-electron chi connectivity index (χ1n) is 7.09. The van der Waals surface area contributed by atoms with Crippen molar-refractivity contribution in [2.75, 3.05) is 26.2 Å². The summed E-state index contributed by atoms with van der Waals surface area (Å²) in [5, 5.41) is 3.43. The Morgan fingerprint density at radius 3 is 2.67 bits per heavy atom. The number of aryl methyl sites for hydroxylation is 2. The van der Waals surface area contributed by atoms with Gasteiger partial charge in [0, 0.05) is 18.8 Å². The molecule has 3 heterocycles. The van der Waals surface area contributed by atoms with Gasteiger partial charge in [0.05, 0.1) is 11.3 Å². The van der Waals surface area contributed by atoms with Gasteiger partial charge in [-0.3, -0.25) is 9.78 Å². The Hall–Kier alpha value is -0.840. The molecule has 118 valence electrons. The molecule has 2 saturated heterocycles. The maximum atomic E-state index is 12.6. The highest BCUT2D eigenvalue weighted by molar-refractivity contribution is 5.95. The van der Waals surface area contributed by atoms with Crippen molar-refractivity contribution in [1.82, 2.24) is 15.2 Å². The molecule has 2 aliphatic rings. The average molecular weight is 332 g/mol. The third kappa shape index (κ3) is 3.68. The number of carbonyl (C=O) groups is 1. The predicted molar refractivity (Wildman–Crippen MR) is 88.6 cm³/mol. The first-order valence-corrected chi connectivity index (χ1v) is 7.09. The third-order valence-corrected chi connectivity index (χ3v) is 4.45. The summed E-state index contributed by atoms with van der Waals surface area (Å²) in [6, 6.07) is 3.84. The zero-order valence-corrected chi connectivity index (χ0v) is 14.1. The van der Waals surface area contributed by atoms with E-state index in [4.69, 9.17) is 0 Å². The van der Waals surface area contributed by atoms with Crippen LogP contribution in [0.1, 0.15) is 28.2 Å². The Morgan fingerprint density at radius 1 is 1.24 bits per heavy atom. The molecule has 1 amide bonds. The summed E-state index contributed by atoms with van der Waals surface area (Å²) in [5.74, 6) is 1.55. The second kappa shape index (κ2) is 7.43. The lowest BCUT2D eigenvalue weighted by Crippen LogP contribution is -2.43. The zero-order chi connectivity index (χ0) is 13.4. The Balaban J connectivity index is 0.00000110. The van der Waals surface area contributed by atoms with Crippen molar-refractivity contribution in [2.45, 2.75) is 20.3 Å². The maximum absolute atomic E-state index is 12.6. The Kier molecular flexibility index (Phi) is 6.44. The monoisotopic (exact) mass is 331 g/mol. The highest BCUT2D eigenvalue weighted by Crippen LogP contribution is 2.27. The highest BCUT2D eigenvalue weighted by atomic mass is 35.5. The van der Waals surface area contributed by atoms with Crippen LogP contribution in [0.15, 0.2) is 12.1 Å². The molecule has 6 heteroatoms. The van der Waals surface area contributed by atoms with E-state index in [1.54, 1.807) is 0 Å². The number of fused-ring (bicyclic) bond motifs is 1. The van der Waals surface area contributed by atoms with E-state index in [2.05, 4.69) is 10.3 Å². The van der Waals surface area contributed by atoms with Crippen LogP contribution in [0.25, 0.3) is 0 Å². The van der Waals surface area contributed by atoms with Gasteiger partial charge in [-0.1, -0.05) is 0 Å². The molecular weight excluding hydrogens is 309 g/mol. The first kappa shape index (κ1) is 18.2. The lowest BCUT2D eigenvalue weighted by atomic mass is 9.88. The number of aromatic nitrogens is 1. The Morgan fingerprint density at radius 2 is 1.95 bits per heavy atom. The largest absolute Gasteiger partial charge is 0.338 e. The number of hydrogen-bond acceptors (Lipinski definition) is 3. The lowest BCUT2D eigenvalue weighted by Gasteiger charge is -2.34. The third-order valence-electron chi connectivity index (χ3n) is 4.45. The van der Waals surface area contributed by atoms with Crippen molar-refractivity contribution in [2.24, 2.45) is 11.8 Å². The minimum atomic E-state index is 0. The standard InChI is InChI=1S/C15H21N3O.2ClH/c1-10-3-4-14(11(2)17-10)15(19)18-6-5-12-7-16-8-13(12)9-18;;/h3-4,12-13,16H,5-9H2,1-2H3;2*1H. The number of nitrogens with one attached hydrogen (secondary N) is 1. The van der Waals surface area contributed by atoms with Gasteiger partial charge >= 0.3 is 0 Å². The van der Waals surface area contributed by atoms with E-state index in [0.29, 0.717) is 5.92 Å². The predicted octanol–water partition coefficient (Wildman–Crippen LogP) is 2.22. The quantitative estimate of drug-likeness (QED) is 0.858. The van der Waals surface area contributed by atoms with Gasteiger partial charge in [-0.25, -0.2) is 0 Å². The van der Waals surface area contributed by atoms with E-state index in [1.807, 2.05) is 30.9 Å². The molecule has 4 nitrogen and oxygen atoms in total. The summed E-state index contributed by atoms with van der Waals surface area (Å²) in [4.78, 5) is 19.0. The number of likely N-dealkylation sites (tertiary alicyclic amines) is 1. The number of rotatable bonds is 1. The molecule has 0 bridgehead atoms. The molecule has 0 aliphatic carbocycles. The van der Waals surface area contributed by atoms with Crippen LogP contribution in [0.5, 0.6) is 0 Å². The van der Waals surface area contributed by atoms with E-state index in [-0.39, 0.29) is 30.7 Å². The van der Waals surface area contributed by atoms with E-state index in [0.717, 1.165) is 55.5 Å². The molecule has 2 aliphatic heterocycles. The summed E-state index contributed by atoms with van der Waals surface area (Å²) in [6.45, 7) is 7.83. The maximum Gasteiger partial charge on any atom is 0.255 e. The van der Waals surface area contributed by atoms with Crippen molar-refractivity contribution >= 4 is 30.7 Å². The number of hydrogen-bond donors (Lipinski definition) is 1. The van der Waals surface area contributed by atoms with Crippen LogP contribution in [0.3, 0.4) is 0 Å². The normalized spacial score (nSPS) is 23.8. The highest BCUT2D eigenvalue weighted by Gasteiger charge is 2.34. The van der Waals surface area contributed by atoms with Gasteiger partial charge in [0.15, 0.2) is 0 Å². The van der Waals surface area contributed by atoms with Crippen LogP contribution >= 0.6 is 24.8 Å². The summed E-state index contributed by atoms with van der Waals surface area (Å²) < 4.78 is 0. The molecule has 2 unspecified atom stereocenters. The van der Waals surface area contributed by atoms with Gasteiger partial charge < -0.3 is 10.2 Å². The summed E-state index contributed by atoms with van der Waals surface area (Å²) in [7, 11) is 0. The fourth-order valence-electron chi connectivity index (χ4n) is 3.30. The van der Waals surface area contributed by atoms with Crippen molar-refractivity contribution in [3.63, 3.8) is 0 Å². The molecule has 1 N–H and O–H groups in total. The molecule has 0 spiro atoms. The smallest absolute Gasteiger partial charge is 0.255 e. The number of carbonyl (C=O) groups excluding carboxylic acids is 1. The van der Waals surface area contributed by atoms with Crippen LogP contribution in [-0.4, -0.2) is 42.0 Å². The molecule has 2 fully saturated rings. The fraction of sp³-hybridized carbons (Fsp3) is 0.600. The van der Waals surface area contributed by atoms with Crippen LogP contribution in [-0.2, 0) is 0 Å². The van der Waals surface area contributed by atoms with Crippen LogP contribution in [0, 0.1) is 25.7 Å². The van der Waals surface area contributed by atoms with Crippen molar-refractivity contribution in [3.8, 4) is 0 Å². The molecule has 1 aromatic heterocycles. The molecule has 1 aromatic rings. The van der Waals surface area contributed by atoms with Crippen molar-refractivity contribution in [1.29, 1.82) is 0 Å². The summed E-state index contributed by atoms with van der Waals surface area (Å²) in [6.07, 6.45) is 1.13. The number of piperidine rings is 1. The molecular formula is C15H23Cl2N3O. The summed E-state index contributed by atoms with van der Waals surface area (Å²) >= 11 is 0. The topological polar surface area (TPSA) is 45.2 Å². The number of pyridine rings is 1. The number of nitrogens with zero attached hydrogens (tertiary/aromatic N) is 2. The van der Waals surface area contributed by atoms with Gasteiger partial charge in [0.1, 0.15) is 0 Å². The average Bonchev–Trinajstić information content (AvgIpc) is 2.85. The molecule has 21 heavy (non-hydrogen) atoms. The fourth-order valence-corrected chi connectivity index (χ4v) is 3.30. The number of amides is 1. The van der Waals surface area contributed by atoms with Gasteiger partial charge in [-0.2, -0.15) is 0 Å². The molecule has 3 rings (SSSR count). The zero-order valence-electron chi connectivity index (χ0n) is 12.5. The second-order valence-electron chi connectivity index (χ2n) is 5.80. The van der Waals surface area contributed by atoms with Crippen molar-refractivity contribution in [3.05, 3.63) is 29.1 Å². The lowest BCUT2D eigenvalue weighted by molar-refractivity contribution is 0.0641. The SMILES string of the molecule is Cc1ccc(C(=O)N2CCC3CNCC3C2)c(C)n1.Cl.Cl. The van der Waals surface area contributed by atoms with E-state index >= 15 is 0 Å². The van der Waals surface area contributed by atoms with E-state index in [1.165, 1.54) is 0 Å². The van der Waals surface area contributed by atoms with Gasteiger partial charge in [-0.05, 0) is 57.3 Å². The van der Waals surface area contributed by atoms with Crippen molar-refractivity contribution < 1.29 is 4.79 Å². The molecule has 0 saturated carbocycles. The first-order chi connectivity index (χ1) is 9.15. The van der Waals surface area contributed by atoms with Crippen LogP contribution in [0.2, 0.25) is 0 Å². The molecule has 0 radical (unpaired) electrons. The number of halogens is 2. The minimum Gasteiger partial charge on any atom is -0.338 e. The molecule has 2 atom stereocenters. The summed E-state index contributed by atoms with van der Waals surface area (Å²) in [5.41, 5.74) is 2.57. The van der Waals surface area contributed by atoms with Gasteiger partial charge in [-0.15, -0.1) is 24.8 Å². The van der Waals surface area contributed by atoms with E-state index in [9.17, 15) is 4.79 Å². The van der Waals surface area contributed by atoms with Crippen LogP contribution < -0.4 is 5.32 Å². The second-order valence-corrected chi connectivity index (χ2v) is 5.80. The molecule has 0 aromatic carbocycles. The van der Waals surface area contributed by atoms with Gasteiger partial charge in [0.25, 0.3) is 5.91 Å².